The molecule has 1 saturated heterocycles. The molecule has 1 atom stereocenters. The van der Waals surface area contributed by atoms with E-state index in [9.17, 15) is 18.0 Å². The van der Waals surface area contributed by atoms with Gasteiger partial charge in [-0.25, -0.2) is 13.2 Å². The number of carbonyl (C=O) groups is 2. The number of nitrogens with zero attached hydrogens (tertiary/aromatic N) is 1. The summed E-state index contributed by atoms with van der Waals surface area (Å²) in [5.74, 6) is -1.59. The molecule has 0 bridgehead atoms. The van der Waals surface area contributed by atoms with Crippen LogP contribution in [0.2, 0.25) is 5.02 Å². The van der Waals surface area contributed by atoms with Crippen molar-refractivity contribution in [2.75, 3.05) is 13.6 Å². The topological polar surface area (TPSA) is 104 Å². The summed E-state index contributed by atoms with van der Waals surface area (Å²) in [5, 5.41) is 8.80. The molecule has 1 aromatic carbocycles. The third kappa shape index (κ3) is 3.17. The van der Waals surface area contributed by atoms with Crippen molar-refractivity contribution in [3.05, 3.63) is 28.8 Å². The van der Waals surface area contributed by atoms with Crippen molar-refractivity contribution in [2.45, 2.75) is 17.4 Å². The predicted octanol–water partition coefficient (Wildman–Crippen LogP) is 0.547. The second-order valence-corrected chi connectivity index (χ2v) is 6.76. The van der Waals surface area contributed by atoms with Crippen LogP contribution in [0, 0.1) is 0 Å². The molecule has 1 aromatic rings. The summed E-state index contributed by atoms with van der Waals surface area (Å²) in [7, 11) is -2.50. The maximum atomic E-state index is 12.3. The summed E-state index contributed by atoms with van der Waals surface area (Å²) >= 11 is 5.83. The highest BCUT2D eigenvalue weighted by Crippen LogP contribution is 2.24. The summed E-state index contributed by atoms with van der Waals surface area (Å²) in [6.45, 7) is 0.453. The van der Waals surface area contributed by atoms with Gasteiger partial charge in [0, 0.05) is 13.6 Å². The highest BCUT2D eigenvalue weighted by atomic mass is 35.5. The van der Waals surface area contributed by atoms with Crippen LogP contribution in [0.5, 0.6) is 0 Å². The Morgan fingerprint density at radius 3 is 2.67 bits per heavy atom. The lowest BCUT2D eigenvalue weighted by molar-refractivity contribution is -0.127. The minimum Gasteiger partial charge on any atom is -0.478 e. The molecule has 9 heteroatoms. The summed E-state index contributed by atoms with van der Waals surface area (Å²) in [6.07, 6.45) is 0.352. The number of carboxylic acid groups (broad SMARTS) is 1. The van der Waals surface area contributed by atoms with Crippen molar-refractivity contribution < 1.29 is 23.1 Å². The standard InChI is InChI=1S/C12H13ClN2O5S/c1-15-5-4-9(11(15)16)14-21(19,20)10-6-7(12(17)18)2-3-8(10)13/h2-3,6,9,14H,4-5H2,1H3,(H,17,18). The minimum atomic E-state index is -4.08. The van der Waals surface area contributed by atoms with Crippen molar-refractivity contribution >= 4 is 33.5 Å². The first-order valence-corrected chi connectivity index (χ1v) is 7.88. The van der Waals surface area contributed by atoms with Gasteiger partial charge in [0.05, 0.1) is 10.6 Å². The van der Waals surface area contributed by atoms with E-state index in [0.29, 0.717) is 13.0 Å². The Morgan fingerprint density at radius 1 is 1.48 bits per heavy atom. The first kappa shape index (κ1) is 15.7. The number of halogens is 1. The third-order valence-electron chi connectivity index (χ3n) is 3.19. The lowest BCUT2D eigenvalue weighted by Gasteiger charge is -2.13. The Labute approximate surface area is 126 Å². The van der Waals surface area contributed by atoms with Crippen molar-refractivity contribution in [3.63, 3.8) is 0 Å². The van der Waals surface area contributed by atoms with Gasteiger partial charge in [0.2, 0.25) is 15.9 Å². The zero-order chi connectivity index (χ0) is 15.8. The number of sulfonamides is 1. The number of likely N-dealkylation sites (tertiary alicyclic amines) is 1. The zero-order valence-corrected chi connectivity index (χ0v) is 12.6. The van der Waals surface area contributed by atoms with Crippen molar-refractivity contribution in [2.24, 2.45) is 0 Å². The predicted molar refractivity (Wildman–Crippen MR) is 74.8 cm³/mol. The molecule has 2 N–H and O–H groups in total. The quantitative estimate of drug-likeness (QED) is 0.837. The number of aromatic carboxylic acids is 1. The first-order chi connectivity index (χ1) is 9.72. The van der Waals surface area contributed by atoms with Gasteiger partial charge < -0.3 is 10.0 Å². The van der Waals surface area contributed by atoms with Gasteiger partial charge in [-0.15, -0.1) is 0 Å². The SMILES string of the molecule is CN1CCC(NS(=O)(=O)c2cc(C(=O)O)ccc2Cl)C1=O. The van der Waals surface area contributed by atoms with Gasteiger partial charge >= 0.3 is 5.97 Å². The minimum absolute atomic E-state index is 0.105. The number of likely N-dealkylation sites (N-methyl/N-ethyl adjacent to an activating group) is 1. The van der Waals surface area contributed by atoms with E-state index in [1.165, 1.54) is 17.0 Å². The summed E-state index contributed by atoms with van der Waals surface area (Å²) in [5.41, 5.74) is -0.199. The van der Waals surface area contributed by atoms with Crippen molar-refractivity contribution in [3.8, 4) is 0 Å². The maximum absolute atomic E-state index is 12.3. The first-order valence-electron chi connectivity index (χ1n) is 6.02. The molecule has 7 nitrogen and oxygen atoms in total. The van der Waals surface area contributed by atoms with Crippen molar-refractivity contribution in [1.82, 2.24) is 9.62 Å². The fourth-order valence-electron chi connectivity index (χ4n) is 2.02. The van der Waals surface area contributed by atoms with Crippen LogP contribution in [0.4, 0.5) is 0 Å². The van der Waals surface area contributed by atoms with Gasteiger partial charge in [-0.05, 0) is 24.6 Å². The van der Waals surface area contributed by atoms with Crippen LogP contribution in [0.3, 0.4) is 0 Å². The molecule has 0 aliphatic carbocycles. The second kappa shape index (κ2) is 5.63. The molecule has 1 amide bonds. The molecule has 0 saturated carbocycles. The molecule has 0 aromatic heterocycles. The molecular formula is C12H13ClN2O5S. The fraction of sp³-hybridized carbons (Fsp3) is 0.333. The number of nitrogens with one attached hydrogen (secondary N) is 1. The van der Waals surface area contributed by atoms with Gasteiger partial charge in [0.25, 0.3) is 0 Å². The molecule has 1 heterocycles. The molecule has 0 spiro atoms. The summed E-state index contributed by atoms with van der Waals surface area (Å²) in [6, 6.07) is 2.51. The molecule has 21 heavy (non-hydrogen) atoms. The van der Waals surface area contributed by atoms with Crippen LogP contribution < -0.4 is 4.72 Å². The number of carboxylic acids is 1. The van der Waals surface area contributed by atoms with E-state index < -0.39 is 22.0 Å². The number of benzene rings is 1. The van der Waals surface area contributed by atoms with E-state index >= 15 is 0 Å². The van der Waals surface area contributed by atoms with E-state index in [4.69, 9.17) is 16.7 Å². The Balaban J connectivity index is 2.34. The number of rotatable bonds is 4. The summed E-state index contributed by atoms with van der Waals surface area (Å²) < 4.78 is 26.8. The number of carbonyl (C=O) groups excluding carboxylic acids is 1. The fourth-order valence-corrected chi connectivity index (χ4v) is 3.77. The molecule has 114 valence electrons. The zero-order valence-electron chi connectivity index (χ0n) is 11.0. The van der Waals surface area contributed by atoms with E-state index in [1.54, 1.807) is 7.05 Å². The molecular weight excluding hydrogens is 320 g/mol. The van der Waals surface area contributed by atoms with E-state index in [-0.39, 0.29) is 21.4 Å². The average Bonchev–Trinajstić information content (AvgIpc) is 2.70. The molecule has 2 rings (SSSR count). The Morgan fingerprint density at radius 2 is 2.14 bits per heavy atom. The van der Waals surface area contributed by atoms with Crippen LogP contribution in [-0.4, -0.2) is 49.9 Å². The van der Waals surface area contributed by atoms with Gasteiger partial charge in [-0.2, -0.15) is 4.72 Å². The van der Waals surface area contributed by atoms with Crippen molar-refractivity contribution in [1.29, 1.82) is 0 Å². The van der Waals surface area contributed by atoms with Gasteiger partial charge in [-0.3, -0.25) is 4.79 Å². The van der Waals surface area contributed by atoms with Gasteiger partial charge in [0.15, 0.2) is 0 Å². The monoisotopic (exact) mass is 332 g/mol. The lowest BCUT2D eigenvalue weighted by Crippen LogP contribution is -2.40. The largest absolute Gasteiger partial charge is 0.478 e. The van der Waals surface area contributed by atoms with E-state index in [0.717, 1.165) is 6.07 Å². The smallest absolute Gasteiger partial charge is 0.335 e. The van der Waals surface area contributed by atoms with Gasteiger partial charge in [0.1, 0.15) is 10.9 Å². The van der Waals surface area contributed by atoms with E-state index in [2.05, 4.69) is 4.72 Å². The van der Waals surface area contributed by atoms with Crippen LogP contribution in [0.15, 0.2) is 23.1 Å². The Hall–Kier alpha value is -1.64. The van der Waals surface area contributed by atoms with Crippen LogP contribution >= 0.6 is 11.6 Å². The molecule has 1 aliphatic rings. The normalized spacial score (nSPS) is 19.0. The molecule has 1 aliphatic heterocycles. The molecule has 1 fully saturated rings. The highest BCUT2D eigenvalue weighted by Gasteiger charge is 2.33. The third-order valence-corrected chi connectivity index (χ3v) is 5.15. The lowest BCUT2D eigenvalue weighted by atomic mass is 10.2. The van der Waals surface area contributed by atoms with Gasteiger partial charge in [-0.1, -0.05) is 11.6 Å². The van der Waals surface area contributed by atoms with Crippen LogP contribution in [0.1, 0.15) is 16.8 Å². The van der Waals surface area contributed by atoms with Crippen LogP contribution in [0.25, 0.3) is 0 Å². The molecule has 1 unspecified atom stereocenters. The second-order valence-electron chi connectivity index (χ2n) is 4.67. The Kier molecular flexibility index (Phi) is 4.22. The Bertz CT molecular complexity index is 704. The molecule has 0 radical (unpaired) electrons. The highest BCUT2D eigenvalue weighted by molar-refractivity contribution is 7.89. The number of hydrogen-bond acceptors (Lipinski definition) is 4. The summed E-state index contributed by atoms with van der Waals surface area (Å²) in [4.78, 5) is 23.7. The van der Waals surface area contributed by atoms with Crippen LogP contribution in [-0.2, 0) is 14.8 Å². The number of hydrogen-bond donors (Lipinski definition) is 2. The number of amides is 1. The van der Waals surface area contributed by atoms with E-state index in [1.807, 2.05) is 0 Å². The average molecular weight is 333 g/mol. The maximum Gasteiger partial charge on any atom is 0.335 e.